The van der Waals surface area contributed by atoms with Crippen LogP contribution in [-0.4, -0.2) is 5.75 Å². The van der Waals surface area contributed by atoms with Crippen molar-refractivity contribution in [1.29, 1.82) is 0 Å². The zero-order valence-electron chi connectivity index (χ0n) is 5.46. The van der Waals surface area contributed by atoms with Gasteiger partial charge in [-0.25, -0.2) is 0 Å². The van der Waals surface area contributed by atoms with Crippen LogP contribution in [0.25, 0.3) is 0 Å². The number of hydrogen-bond donors (Lipinski definition) is 0. The summed E-state index contributed by atoms with van der Waals surface area (Å²) in [4.78, 5) is 0. The molecule has 0 amide bonds. The number of rotatable bonds is 3. The van der Waals surface area contributed by atoms with Gasteiger partial charge in [-0.15, -0.1) is 11.8 Å². The first-order valence-corrected chi connectivity index (χ1v) is 4.64. The largest absolute Gasteiger partial charge is 0.131 e. The molecule has 10 heavy (non-hydrogen) atoms. The van der Waals surface area contributed by atoms with Gasteiger partial charge >= 0.3 is 0 Å². The summed E-state index contributed by atoms with van der Waals surface area (Å²) < 4.78 is 0.541. The minimum absolute atomic E-state index is 0.118. The lowest BCUT2D eigenvalue weighted by Gasteiger charge is -1.97. The van der Waals surface area contributed by atoms with Gasteiger partial charge in [-0.2, -0.15) is 0 Å². The fourth-order valence-electron chi connectivity index (χ4n) is 0.241. The zero-order chi connectivity index (χ0) is 8.15. The second-order valence-corrected chi connectivity index (χ2v) is 4.32. The molecule has 0 aliphatic rings. The van der Waals surface area contributed by atoms with Crippen molar-refractivity contribution >= 4 is 46.6 Å². The molecule has 0 nitrogen and oxygen atoms in total. The Kier molecular flexibility index (Phi) is 5.74. The third-order valence-corrected chi connectivity index (χ3v) is 3.00. The highest BCUT2D eigenvalue weighted by molar-refractivity contribution is 8.04. The van der Waals surface area contributed by atoms with Gasteiger partial charge in [0, 0.05) is 5.75 Å². The highest BCUT2D eigenvalue weighted by atomic mass is 35.5. The monoisotopic (exact) mass is 216 g/mol. The van der Waals surface area contributed by atoms with Crippen LogP contribution in [0.1, 0.15) is 6.92 Å². The topological polar surface area (TPSA) is 0 Å². The molecule has 0 fully saturated rings. The third-order valence-electron chi connectivity index (χ3n) is 0.594. The van der Waals surface area contributed by atoms with Crippen LogP contribution in [0.15, 0.2) is 21.0 Å². The first kappa shape index (κ1) is 10.7. The van der Waals surface area contributed by atoms with Gasteiger partial charge in [0.15, 0.2) is 0 Å². The van der Waals surface area contributed by atoms with Crippen molar-refractivity contribution in [1.82, 2.24) is 0 Å². The normalized spacial score (nSPS) is 9.20. The van der Waals surface area contributed by atoms with Crippen molar-refractivity contribution in [2.45, 2.75) is 6.92 Å². The maximum absolute atomic E-state index is 5.60. The molecule has 0 saturated carbocycles. The molecular formula is C6H7Cl3S. The predicted octanol–water partition coefficient (Wildman–Crippen LogP) is 4.14. The van der Waals surface area contributed by atoms with Gasteiger partial charge in [0.2, 0.25) is 0 Å². The Balaban J connectivity index is 3.71. The van der Waals surface area contributed by atoms with E-state index in [4.69, 9.17) is 34.8 Å². The lowest BCUT2D eigenvalue weighted by atomic mass is 10.4. The summed E-state index contributed by atoms with van der Waals surface area (Å²) in [7, 11) is 0. The van der Waals surface area contributed by atoms with E-state index < -0.39 is 0 Å². The molecule has 0 saturated heterocycles. The summed E-state index contributed by atoms with van der Waals surface area (Å²) in [6.07, 6.45) is 0. The molecule has 58 valence electrons. The number of halogens is 3. The highest BCUT2D eigenvalue weighted by Gasteiger charge is 1.98. The number of thioether (sulfide) groups is 1. The molecule has 0 aliphatic heterocycles. The predicted molar refractivity (Wildman–Crippen MR) is 51.9 cm³/mol. The molecule has 0 radical (unpaired) electrons. The Morgan fingerprint density at radius 1 is 1.40 bits per heavy atom. The van der Waals surface area contributed by atoms with Gasteiger partial charge in [0.05, 0.1) is 0 Å². The van der Waals surface area contributed by atoms with Crippen LogP contribution < -0.4 is 0 Å². The molecule has 0 N–H and O–H groups in total. The Labute approximate surface area is 80.2 Å². The Morgan fingerprint density at radius 3 is 2.20 bits per heavy atom. The molecule has 0 aromatic carbocycles. The van der Waals surface area contributed by atoms with Crippen LogP contribution in [0, 0.1) is 0 Å². The van der Waals surface area contributed by atoms with Crippen LogP contribution in [0.5, 0.6) is 0 Å². The van der Waals surface area contributed by atoms with Crippen LogP contribution in [0.4, 0.5) is 0 Å². The maximum Gasteiger partial charge on any atom is 0.131 e. The van der Waals surface area contributed by atoms with Crippen molar-refractivity contribution < 1.29 is 0 Å². The Hall–Kier alpha value is 0.700. The highest BCUT2D eigenvalue weighted by Crippen LogP contribution is 2.29. The van der Waals surface area contributed by atoms with Gasteiger partial charge in [-0.05, 0) is 6.92 Å². The van der Waals surface area contributed by atoms with E-state index in [0.29, 0.717) is 4.36 Å². The van der Waals surface area contributed by atoms with Gasteiger partial charge in [-0.3, -0.25) is 0 Å². The molecular weight excluding hydrogens is 210 g/mol. The van der Waals surface area contributed by atoms with Crippen molar-refractivity contribution in [3.8, 4) is 0 Å². The van der Waals surface area contributed by atoms with Crippen molar-refractivity contribution in [3.05, 3.63) is 21.0 Å². The first-order chi connectivity index (χ1) is 4.54. The lowest BCUT2D eigenvalue weighted by molar-refractivity contribution is 1.44. The molecule has 0 aromatic rings. The fraction of sp³-hybridized carbons (Fsp3) is 0.333. The standard InChI is InChI=1S/C6H7Cl3S/c1-4(2)3-10-6(9)5(7)8/h1,3H2,2H3. The lowest BCUT2D eigenvalue weighted by Crippen LogP contribution is -1.76. The van der Waals surface area contributed by atoms with Gasteiger partial charge in [-0.1, -0.05) is 47.0 Å². The molecule has 0 heterocycles. The second kappa shape index (κ2) is 5.36. The van der Waals surface area contributed by atoms with E-state index in [1.165, 1.54) is 11.8 Å². The van der Waals surface area contributed by atoms with Crippen LogP contribution in [-0.2, 0) is 0 Å². The smallest absolute Gasteiger partial charge is 0.107 e. The average Bonchev–Trinajstić information content (AvgIpc) is 1.82. The van der Waals surface area contributed by atoms with E-state index in [1.807, 2.05) is 6.92 Å². The van der Waals surface area contributed by atoms with Gasteiger partial charge in [0.1, 0.15) is 8.86 Å². The summed E-state index contributed by atoms with van der Waals surface area (Å²) in [5.74, 6) is 0.752. The van der Waals surface area contributed by atoms with E-state index in [2.05, 4.69) is 6.58 Å². The SMILES string of the molecule is C=C(C)CSC(Cl)=C(Cl)Cl. The summed E-state index contributed by atoms with van der Waals surface area (Å²) >= 11 is 17.7. The summed E-state index contributed by atoms with van der Waals surface area (Å²) in [6.45, 7) is 5.61. The minimum Gasteiger partial charge on any atom is -0.107 e. The van der Waals surface area contributed by atoms with E-state index in [1.54, 1.807) is 0 Å². The average molecular weight is 218 g/mol. The molecule has 0 atom stereocenters. The summed E-state index contributed by atoms with van der Waals surface area (Å²) in [6, 6.07) is 0. The van der Waals surface area contributed by atoms with Gasteiger partial charge in [0.25, 0.3) is 0 Å². The van der Waals surface area contributed by atoms with E-state index >= 15 is 0 Å². The van der Waals surface area contributed by atoms with E-state index in [0.717, 1.165) is 11.3 Å². The Bertz CT molecular complexity index is 158. The second-order valence-electron chi connectivity index (χ2n) is 1.78. The minimum atomic E-state index is 0.118. The molecule has 0 rings (SSSR count). The quantitative estimate of drug-likeness (QED) is 0.640. The van der Waals surface area contributed by atoms with Crippen LogP contribution in [0.2, 0.25) is 0 Å². The molecule has 4 heteroatoms. The van der Waals surface area contributed by atoms with E-state index in [-0.39, 0.29) is 4.49 Å². The fourth-order valence-corrected chi connectivity index (χ4v) is 1.21. The molecule has 0 spiro atoms. The number of hydrogen-bond acceptors (Lipinski definition) is 1. The van der Waals surface area contributed by atoms with Gasteiger partial charge < -0.3 is 0 Å². The molecule has 0 aliphatic carbocycles. The summed E-state index contributed by atoms with van der Waals surface area (Å²) in [5, 5.41) is 0. The first-order valence-electron chi connectivity index (χ1n) is 2.52. The van der Waals surface area contributed by atoms with Crippen molar-refractivity contribution in [2.75, 3.05) is 5.75 Å². The van der Waals surface area contributed by atoms with Crippen LogP contribution >= 0.6 is 46.6 Å². The van der Waals surface area contributed by atoms with Crippen molar-refractivity contribution in [3.63, 3.8) is 0 Å². The zero-order valence-corrected chi connectivity index (χ0v) is 8.54. The molecule has 0 bridgehead atoms. The third kappa shape index (κ3) is 5.48. The maximum atomic E-state index is 5.60. The summed E-state index contributed by atoms with van der Waals surface area (Å²) in [5.41, 5.74) is 1.04. The molecule has 0 aromatic heterocycles. The molecule has 0 unspecified atom stereocenters. The van der Waals surface area contributed by atoms with Crippen LogP contribution in [0.3, 0.4) is 0 Å². The Morgan fingerprint density at radius 2 is 1.90 bits per heavy atom. The van der Waals surface area contributed by atoms with Crippen molar-refractivity contribution in [2.24, 2.45) is 0 Å². The van der Waals surface area contributed by atoms with E-state index in [9.17, 15) is 0 Å².